The standard InChI is InChI=1S/C19H30O5/c1-13(2)15-6-5-14(3)11-18(15)23-16(20)12-17(24-18)7-4-8-19(17)21-9-10-22-19/h13-15H,4-12H2,1-3H3/t14-,15+,17-,18-/m1/s1. The third-order valence-corrected chi connectivity index (χ3v) is 6.59. The maximum atomic E-state index is 12.7. The van der Waals surface area contributed by atoms with E-state index in [4.69, 9.17) is 18.9 Å². The Balaban J connectivity index is 1.73. The molecular formula is C19H30O5. The minimum absolute atomic E-state index is 0.152. The molecule has 0 radical (unpaired) electrons. The summed E-state index contributed by atoms with van der Waals surface area (Å²) in [4.78, 5) is 12.7. The first kappa shape index (κ1) is 16.8. The van der Waals surface area contributed by atoms with E-state index in [-0.39, 0.29) is 18.3 Å². The van der Waals surface area contributed by atoms with E-state index in [2.05, 4.69) is 20.8 Å². The van der Waals surface area contributed by atoms with E-state index in [0.29, 0.717) is 25.0 Å². The first-order valence-corrected chi connectivity index (χ1v) is 9.60. The van der Waals surface area contributed by atoms with E-state index in [9.17, 15) is 4.79 Å². The highest BCUT2D eigenvalue weighted by Gasteiger charge is 2.68. The van der Waals surface area contributed by atoms with Gasteiger partial charge < -0.3 is 18.9 Å². The molecule has 2 saturated heterocycles. The lowest BCUT2D eigenvalue weighted by Crippen LogP contribution is -2.66. The topological polar surface area (TPSA) is 54.0 Å². The van der Waals surface area contributed by atoms with Crippen molar-refractivity contribution >= 4 is 5.97 Å². The van der Waals surface area contributed by atoms with Crippen LogP contribution in [-0.2, 0) is 23.7 Å². The zero-order valence-electron chi connectivity index (χ0n) is 15.1. The van der Waals surface area contributed by atoms with Crippen molar-refractivity contribution in [2.75, 3.05) is 13.2 Å². The SMILES string of the molecule is CC(C)[C@@H]1CC[C@@H](C)C[C@]12OC(=O)C[C@@]1(CCCC13OCCO3)O2. The Labute approximate surface area is 144 Å². The average molecular weight is 338 g/mol. The largest absolute Gasteiger partial charge is 0.433 e. The van der Waals surface area contributed by atoms with E-state index in [0.717, 1.165) is 38.5 Å². The number of carbonyl (C=O) groups is 1. The minimum Gasteiger partial charge on any atom is -0.433 e. The van der Waals surface area contributed by atoms with Crippen molar-refractivity contribution in [1.82, 2.24) is 0 Å². The van der Waals surface area contributed by atoms with Crippen molar-refractivity contribution in [1.29, 1.82) is 0 Å². The molecule has 0 N–H and O–H groups in total. The number of rotatable bonds is 1. The Bertz CT molecular complexity index is 506. The fourth-order valence-corrected chi connectivity index (χ4v) is 5.59. The molecule has 0 aromatic rings. The van der Waals surface area contributed by atoms with E-state index in [1.165, 1.54) is 0 Å². The van der Waals surface area contributed by atoms with Gasteiger partial charge >= 0.3 is 5.97 Å². The molecule has 0 aromatic carbocycles. The van der Waals surface area contributed by atoms with Gasteiger partial charge in [0, 0.05) is 18.8 Å². The normalized spacial score (nSPS) is 44.8. The van der Waals surface area contributed by atoms with E-state index in [1.54, 1.807) is 0 Å². The highest BCUT2D eigenvalue weighted by atomic mass is 16.8. The Morgan fingerprint density at radius 1 is 1.12 bits per heavy atom. The lowest BCUT2D eigenvalue weighted by atomic mass is 9.71. The summed E-state index contributed by atoms with van der Waals surface area (Å²) < 4.78 is 24.9. The summed E-state index contributed by atoms with van der Waals surface area (Å²) in [5, 5.41) is 0. The summed E-state index contributed by atoms with van der Waals surface area (Å²) >= 11 is 0. The Kier molecular flexibility index (Phi) is 3.98. The van der Waals surface area contributed by atoms with E-state index >= 15 is 0 Å². The van der Waals surface area contributed by atoms with Crippen molar-refractivity contribution in [2.24, 2.45) is 17.8 Å². The zero-order chi connectivity index (χ0) is 17.0. The summed E-state index contributed by atoms with van der Waals surface area (Å²) in [5.41, 5.74) is -0.678. The smallest absolute Gasteiger partial charge is 0.311 e. The third kappa shape index (κ3) is 2.35. The van der Waals surface area contributed by atoms with Gasteiger partial charge in [-0.05, 0) is 37.5 Å². The maximum Gasteiger partial charge on any atom is 0.311 e. The van der Waals surface area contributed by atoms with Crippen LogP contribution in [0.1, 0.15) is 65.7 Å². The molecule has 2 aliphatic heterocycles. The zero-order valence-corrected chi connectivity index (χ0v) is 15.1. The molecule has 2 aliphatic carbocycles. The molecule has 136 valence electrons. The molecule has 0 amide bonds. The van der Waals surface area contributed by atoms with Crippen LogP contribution in [0.25, 0.3) is 0 Å². The third-order valence-electron chi connectivity index (χ3n) is 6.59. The van der Waals surface area contributed by atoms with Crippen LogP contribution >= 0.6 is 0 Å². The van der Waals surface area contributed by atoms with Crippen LogP contribution in [0.15, 0.2) is 0 Å². The number of esters is 1. The maximum absolute atomic E-state index is 12.7. The van der Waals surface area contributed by atoms with Gasteiger partial charge in [0.05, 0.1) is 19.6 Å². The van der Waals surface area contributed by atoms with Gasteiger partial charge in [0.15, 0.2) is 5.79 Å². The second-order valence-electron chi connectivity index (χ2n) is 8.60. The van der Waals surface area contributed by atoms with Crippen LogP contribution in [0, 0.1) is 17.8 Å². The molecule has 24 heavy (non-hydrogen) atoms. The van der Waals surface area contributed by atoms with Gasteiger partial charge in [0.1, 0.15) is 5.60 Å². The molecule has 0 bridgehead atoms. The van der Waals surface area contributed by atoms with Crippen LogP contribution in [0.5, 0.6) is 0 Å². The van der Waals surface area contributed by atoms with Gasteiger partial charge in [-0.3, -0.25) is 4.79 Å². The lowest BCUT2D eigenvalue weighted by molar-refractivity contribution is -0.390. The van der Waals surface area contributed by atoms with Crippen LogP contribution in [0.3, 0.4) is 0 Å². The summed E-state index contributed by atoms with van der Waals surface area (Å²) in [5.74, 6) is -0.584. The van der Waals surface area contributed by atoms with Crippen molar-refractivity contribution in [2.45, 2.75) is 82.9 Å². The number of hydrogen-bond donors (Lipinski definition) is 0. The van der Waals surface area contributed by atoms with E-state index in [1.807, 2.05) is 0 Å². The number of fused-ring (bicyclic) bond motifs is 1. The second kappa shape index (κ2) is 5.68. The molecule has 4 fully saturated rings. The number of ether oxygens (including phenoxy) is 4. The Morgan fingerprint density at radius 2 is 1.88 bits per heavy atom. The van der Waals surface area contributed by atoms with Crippen LogP contribution in [0.2, 0.25) is 0 Å². The molecule has 3 spiro atoms. The van der Waals surface area contributed by atoms with Gasteiger partial charge in [-0.1, -0.05) is 20.8 Å². The molecule has 5 heteroatoms. The van der Waals surface area contributed by atoms with Crippen LogP contribution in [0.4, 0.5) is 0 Å². The molecule has 5 nitrogen and oxygen atoms in total. The van der Waals surface area contributed by atoms with Crippen LogP contribution < -0.4 is 0 Å². The van der Waals surface area contributed by atoms with Gasteiger partial charge in [0.2, 0.25) is 5.79 Å². The predicted molar refractivity (Wildman–Crippen MR) is 87.1 cm³/mol. The molecule has 4 rings (SSSR count). The molecule has 0 aromatic heterocycles. The summed E-state index contributed by atoms with van der Waals surface area (Å²) in [7, 11) is 0. The van der Waals surface area contributed by atoms with E-state index < -0.39 is 17.2 Å². The molecule has 2 heterocycles. The summed E-state index contributed by atoms with van der Waals surface area (Å²) in [6, 6.07) is 0. The van der Waals surface area contributed by atoms with Gasteiger partial charge in [-0.2, -0.15) is 0 Å². The first-order chi connectivity index (χ1) is 11.4. The quantitative estimate of drug-likeness (QED) is 0.686. The molecular weight excluding hydrogens is 308 g/mol. The fraction of sp³-hybridized carbons (Fsp3) is 0.947. The van der Waals surface area contributed by atoms with Gasteiger partial charge in [-0.15, -0.1) is 0 Å². The van der Waals surface area contributed by atoms with Gasteiger partial charge in [0.25, 0.3) is 0 Å². The monoisotopic (exact) mass is 338 g/mol. The minimum atomic E-state index is -0.812. The predicted octanol–water partition coefficient (Wildman–Crippen LogP) is 3.40. The van der Waals surface area contributed by atoms with Crippen molar-refractivity contribution in [3.8, 4) is 0 Å². The molecule has 4 aliphatic rings. The van der Waals surface area contributed by atoms with Crippen molar-refractivity contribution in [3.05, 3.63) is 0 Å². The molecule has 2 saturated carbocycles. The Hall–Kier alpha value is -0.650. The average Bonchev–Trinajstić information content (AvgIpc) is 3.07. The van der Waals surface area contributed by atoms with Crippen LogP contribution in [-0.4, -0.2) is 36.4 Å². The fourth-order valence-electron chi connectivity index (χ4n) is 5.59. The van der Waals surface area contributed by atoms with Crippen molar-refractivity contribution in [3.63, 3.8) is 0 Å². The lowest BCUT2D eigenvalue weighted by Gasteiger charge is -2.55. The summed E-state index contributed by atoms with van der Waals surface area (Å²) in [6.07, 6.45) is 5.80. The molecule has 4 atom stereocenters. The second-order valence-corrected chi connectivity index (χ2v) is 8.60. The van der Waals surface area contributed by atoms with Gasteiger partial charge in [-0.25, -0.2) is 0 Å². The molecule has 0 unspecified atom stereocenters. The number of hydrogen-bond acceptors (Lipinski definition) is 5. The highest BCUT2D eigenvalue weighted by molar-refractivity contribution is 5.72. The summed E-state index contributed by atoms with van der Waals surface area (Å²) in [6.45, 7) is 7.79. The number of carbonyl (C=O) groups excluding carboxylic acids is 1. The highest BCUT2D eigenvalue weighted by Crippen LogP contribution is 2.57. The Morgan fingerprint density at radius 3 is 2.58 bits per heavy atom. The first-order valence-electron chi connectivity index (χ1n) is 9.60. The van der Waals surface area contributed by atoms with Crippen molar-refractivity contribution < 1.29 is 23.7 Å².